The highest BCUT2D eigenvalue weighted by Gasteiger charge is 2.20. The lowest BCUT2D eigenvalue weighted by Gasteiger charge is -2.19. The van der Waals surface area contributed by atoms with Crippen molar-refractivity contribution in [3.63, 3.8) is 0 Å². The average molecular weight is 571 g/mol. The molecule has 2 rings (SSSR count). The number of ether oxygens (including phenoxy) is 1. The Morgan fingerprint density at radius 1 is 0.854 bits per heavy atom. The number of allylic oxidation sites excluding steroid dienone is 2. The summed E-state index contributed by atoms with van der Waals surface area (Å²) >= 11 is 0. The number of rotatable bonds is 19. The Morgan fingerprint density at radius 2 is 1.56 bits per heavy atom. The molecule has 41 heavy (non-hydrogen) atoms. The predicted octanol–water partition coefficient (Wildman–Crippen LogP) is 3.67. The van der Waals surface area contributed by atoms with Gasteiger partial charge in [0.2, 0.25) is 17.7 Å². The summed E-state index contributed by atoms with van der Waals surface area (Å²) in [5, 5.41) is 11.3. The first kappa shape index (κ1) is 33.7. The van der Waals surface area contributed by atoms with Crippen LogP contribution in [0.4, 0.5) is 5.69 Å². The van der Waals surface area contributed by atoms with E-state index in [1.807, 2.05) is 14.0 Å². The lowest BCUT2D eigenvalue weighted by molar-refractivity contribution is -0.127. The Kier molecular flexibility index (Phi) is 15.4. The van der Waals surface area contributed by atoms with Crippen LogP contribution in [0.1, 0.15) is 88.4 Å². The van der Waals surface area contributed by atoms with E-state index in [9.17, 15) is 24.0 Å². The van der Waals surface area contributed by atoms with Crippen LogP contribution in [0.2, 0.25) is 0 Å². The van der Waals surface area contributed by atoms with E-state index in [0.717, 1.165) is 56.2 Å². The number of ketones is 2. The number of carbonyl (C=O) groups excluding carboxylic acids is 5. The Labute approximate surface area is 243 Å². The van der Waals surface area contributed by atoms with Gasteiger partial charge >= 0.3 is 0 Å². The zero-order valence-corrected chi connectivity index (χ0v) is 24.7. The third-order valence-electron chi connectivity index (χ3n) is 7.14. The van der Waals surface area contributed by atoms with Crippen LogP contribution >= 0.6 is 0 Å². The first-order chi connectivity index (χ1) is 19.7. The molecule has 4 N–H and O–H groups in total. The molecule has 0 heterocycles. The molecule has 1 aromatic rings. The van der Waals surface area contributed by atoms with Crippen LogP contribution in [0.5, 0.6) is 0 Å². The molecule has 0 saturated carbocycles. The van der Waals surface area contributed by atoms with Crippen molar-refractivity contribution in [1.82, 2.24) is 16.0 Å². The minimum absolute atomic E-state index is 0.000132. The number of hydrogen-bond acceptors (Lipinski definition) is 7. The highest BCUT2D eigenvalue weighted by Crippen LogP contribution is 2.26. The smallest absolute Gasteiger partial charge is 0.233 e. The van der Waals surface area contributed by atoms with Gasteiger partial charge in [-0.2, -0.15) is 0 Å². The Bertz CT molecular complexity index is 1070. The Morgan fingerprint density at radius 3 is 2.27 bits per heavy atom. The molecule has 226 valence electrons. The summed E-state index contributed by atoms with van der Waals surface area (Å²) in [6, 6.07) is 6.70. The summed E-state index contributed by atoms with van der Waals surface area (Å²) < 4.78 is 5.45. The summed E-state index contributed by atoms with van der Waals surface area (Å²) in [7, 11) is 1.84. The number of Topliss-reactive ketones (excluding diaryl/α,β-unsaturated/α-hetero) is 2. The second kappa shape index (κ2) is 18.7. The molecular weight excluding hydrogens is 524 g/mol. The van der Waals surface area contributed by atoms with Crippen molar-refractivity contribution in [2.24, 2.45) is 5.92 Å². The quantitative estimate of drug-likeness (QED) is 0.113. The summed E-state index contributed by atoms with van der Waals surface area (Å²) in [6.07, 6.45) is 6.92. The molecule has 0 aliphatic heterocycles. The van der Waals surface area contributed by atoms with Crippen molar-refractivity contribution in [2.45, 2.75) is 78.1 Å². The molecule has 0 spiro atoms. The second-order valence-corrected chi connectivity index (χ2v) is 10.5. The van der Waals surface area contributed by atoms with Gasteiger partial charge in [0.15, 0.2) is 5.78 Å². The molecule has 10 nitrogen and oxygen atoms in total. The molecule has 0 radical (unpaired) electrons. The number of anilines is 1. The van der Waals surface area contributed by atoms with E-state index in [4.69, 9.17) is 4.74 Å². The first-order valence-electron chi connectivity index (χ1n) is 14.7. The maximum atomic E-state index is 12.9. The monoisotopic (exact) mass is 570 g/mol. The van der Waals surface area contributed by atoms with Gasteiger partial charge in [-0.25, -0.2) is 0 Å². The minimum atomic E-state index is -0.450. The van der Waals surface area contributed by atoms with Gasteiger partial charge < -0.3 is 26.0 Å². The summed E-state index contributed by atoms with van der Waals surface area (Å²) in [5.41, 5.74) is 2.90. The molecule has 1 aliphatic carbocycles. The molecule has 1 aromatic carbocycles. The molecule has 1 unspecified atom stereocenters. The fourth-order valence-electron chi connectivity index (χ4n) is 4.52. The summed E-state index contributed by atoms with van der Waals surface area (Å²) in [5.74, 6) is -0.627. The molecule has 1 atom stereocenters. The third-order valence-corrected chi connectivity index (χ3v) is 7.14. The number of amides is 3. The Balaban J connectivity index is 1.54. The van der Waals surface area contributed by atoms with Crippen LogP contribution < -0.4 is 21.3 Å². The number of nitrogens with one attached hydrogen (secondary N) is 4. The van der Waals surface area contributed by atoms with Crippen LogP contribution in [0.3, 0.4) is 0 Å². The van der Waals surface area contributed by atoms with Gasteiger partial charge in [0.25, 0.3) is 0 Å². The molecule has 1 aliphatic rings. The predicted molar refractivity (Wildman–Crippen MR) is 158 cm³/mol. The molecule has 3 amide bonds. The average Bonchev–Trinajstić information content (AvgIpc) is 2.96. The Hall–Kier alpha value is -3.53. The van der Waals surface area contributed by atoms with E-state index in [1.54, 1.807) is 31.2 Å². The van der Waals surface area contributed by atoms with Gasteiger partial charge in [0.1, 0.15) is 12.2 Å². The number of unbranched alkanes of at least 4 members (excludes halogenated alkanes) is 1. The van der Waals surface area contributed by atoms with Gasteiger partial charge in [-0.3, -0.25) is 24.0 Å². The van der Waals surface area contributed by atoms with Crippen LogP contribution in [0.25, 0.3) is 0 Å². The topological polar surface area (TPSA) is 143 Å². The first-order valence-corrected chi connectivity index (χ1v) is 14.7. The van der Waals surface area contributed by atoms with E-state index in [-0.39, 0.29) is 43.0 Å². The normalized spacial score (nSPS) is 13.7. The highest BCUT2D eigenvalue weighted by atomic mass is 16.5. The zero-order valence-electron chi connectivity index (χ0n) is 24.7. The van der Waals surface area contributed by atoms with Gasteiger partial charge in [-0.05, 0) is 76.1 Å². The van der Waals surface area contributed by atoms with E-state index in [0.29, 0.717) is 37.2 Å². The summed E-state index contributed by atoms with van der Waals surface area (Å²) in [6.45, 7) is 5.07. The maximum absolute atomic E-state index is 12.9. The standard InChI is InChI=1S/C31H46N4O6/c1-22(23(2)36)9-6-7-17-33-28(37)12-8-19-41-20-18-34-29(38)21-30(39)35-25-15-13-24(14-16-25)31(40)26-10-4-5-11-27(26)32-3/h13-16,22,32H,4-12,17-21H2,1-3H3,(H,33,37)(H,34,38)(H,35,39). The fraction of sp³-hybridized carbons (Fsp3) is 0.581. The van der Waals surface area contributed by atoms with Crippen molar-refractivity contribution in [1.29, 1.82) is 0 Å². The van der Waals surface area contributed by atoms with E-state index in [1.165, 1.54) is 0 Å². The molecule has 0 fully saturated rings. The molecule has 0 aromatic heterocycles. The van der Waals surface area contributed by atoms with Crippen molar-refractivity contribution in [3.05, 3.63) is 41.1 Å². The lowest BCUT2D eigenvalue weighted by atomic mass is 9.90. The maximum Gasteiger partial charge on any atom is 0.233 e. The highest BCUT2D eigenvalue weighted by molar-refractivity contribution is 6.09. The van der Waals surface area contributed by atoms with Gasteiger partial charge in [0, 0.05) is 61.6 Å². The van der Waals surface area contributed by atoms with Crippen molar-refractivity contribution in [2.75, 3.05) is 38.7 Å². The SMILES string of the molecule is CNC1=C(C(=O)c2ccc(NC(=O)CC(=O)NCCOCCCC(=O)NCCCCC(C)C(C)=O)cc2)CCCC1. The van der Waals surface area contributed by atoms with Gasteiger partial charge in [-0.1, -0.05) is 13.3 Å². The molecule has 10 heteroatoms. The van der Waals surface area contributed by atoms with Crippen LogP contribution in [-0.4, -0.2) is 62.6 Å². The van der Waals surface area contributed by atoms with Crippen LogP contribution in [0.15, 0.2) is 35.5 Å². The van der Waals surface area contributed by atoms with Crippen LogP contribution in [-0.2, 0) is 23.9 Å². The molecular formula is C31H46N4O6. The minimum Gasteiger partial charge on any atom is -0.391 e. The van der Waals surface area contributed by atoms with Crippen LogP contribution in [0, 0.1) is 5.92 Å². The van der Waals surface area contributed by atoms with E-state index >= 15 is 0 Å². The molecule has 0 bridgehead atoms. The second-order valence-electron chi connectivity index (χ2n) is 10.5. The van der Waals surface area contributed by atoms with Gasteiger partial charge in [-0.15, -0.1) is 0 Å². The largest absolute Gasteiger partial charge is 0.391 e. The summed E-state index contributed by atoms with van der Waals surface area (Å²) in [4.78, 5) is 60.3. The van der Waals surface area contributed by atoms with Gasteiger partial charge in [0.05, 0.1) is 6.61 Å². The number of hydrogen-bond donors (Lipinski definition) is 4. The fourth-order valence-corrected chi connectivity index (χ4v) is 4.52. The van der Waals surface area contributed by atoms with Crippen molar-refractivity contribution in [3.8, 4) is 0 Å². The van der Waals surface area contributed by atoms with E-state index in [2.05, 4.69) is 21.3 Å². The number of carbonyl (C=O) groups is 5. The lowest BCUT2D eigenvalue weighted by Crippen LogP contribution is -2.31. The van der Waals surface area contributed by atoms with Crippen molar-refractivity contribution < 1.29 is 28.7 Å². The van der Waals surface area contributed by atoms with E-state index < -0.39 is 11.8 Å². The zero-order chi connectivity index (χ0) is 30.0. The third kappa shape index (κ3) is 13.1. The molecule has 0 saturated heterocycles. The number of benzene rings is 1. The van der Waals surface area contributed by atoms with Crippen molar-refractivity contribution >= 4 is 35.0 Å².